The summed E-state index contributed by atoms with van der Waals surface area (Å²) >= 11 is 0. The van der Waals surface area contributed by atoms with E-state index in [0.29, 0.717) is 11.6 Å². The second-order valence-corrected chi connectivity index (χ2v) is 6.47. The number of halogens is 2. The van der Waals surface area contributed by atoms with Gasteiger partial charge in [-0.3, -0.25) is 10.1 Å². The topological polar surface area (TPSA) is 80.3 Å². The second kappa shape index (κ2) is 8.58. The maximum Gasteiger partial charge on any atom is 0.326 e. The molecule has 2 N–H and O–H groups in total. The first-order valence-electron chi connectivity index (χ1n) is 9.19. The van der Waals surface area contributed by atoms with Crippen LogP contribution in [0.1, 0.15) is 10.4 Å². The average Bonchev–Trinajstić information content (AvgIpc) is 2.75. The molecule has 0 saturated heterocycles. The first-order valence-corrected chi connectivity index (χ1v) is 9.19. The van der Waals surface area contributed by atoms with E-state index in [9.17, 15) is 18.4 Å². The summed E-state index contributed by atoms with van der Waals surface area (Å²) in [5.74, 6) is -2.41. The third kappa shape index (κ3) is 4.48. The van der Waals surface area contributed by atoms with Crippen LogP contribution in [0.2, 0.25) is 0 Å². The number of carbonyl (C=O) groups excluding carboxylic acids is 2. The lowest BCUT2D eigenvalue weighted by molar-refractivity contribution is 0.0959. The van der Waals surface area contributed by atoms with Crippen LogP contribution in [0.15, 0.2) is 79.0 Å². The van der Waals surface area contributed by atoms with Crippen molar-refractivity contribution in [1.82, 2.24) is 10.3 Å². The molecule has 3 amide bonds. The SMILES string of the molecule is O=C(NC(=O)c1c(F)cccc1F)Nc1ccc(Oc2cccc3ccccc23)nc1. The summed E-state index contributed by atoms with van der Waals surface area (Å²) in [4.78, 5) is 28.1. The minimum Gasteiger partial charge on any atom is -0.438 e. The van der Waals surface area contributed by atoms with E-state index in [1.165, 1.54) is 18.3 Å². The van der Waals surface area contributed by atoms with Crippen LogP contribution in [0.5, 0.6) is 11.6 Å². The van der Waals surface area contributed by atoms with E-state index in [4.69, 9.17) is 4.74 Å². The molecule has 8 heteroatoms. The maximum atomic E-state index is 13.6. The molecule has 4 rings (SSSR count). The van der Waals surface area contributed by atoms with Gasteiger partial charge in [0.1, 0.15) is 22.9 Å². The number of benzene rings is 3. The van der Waals surface area contributed by atoms with E-state index in [1.54, 1.807) is 0 Å². The van der Waals surface area contributed by atoms with Crippen molar-refractivity contribution in [3.8, 4) is 11.6 Å². The summed E-state index contributed by atoms with van der Waals surface area (Å²) in [7, 11) is 0. The molecule has 0 aliphatic heterocycles. The number of nitrogens with one attached hydrogen (secondary N) is 2. The Bertz CT molecular complexity index is 1250. The monoisotopic (exact) mass is 419 g/mol. The number of anilines is 1. The van der Waals surface area contributed by atoms with Gasteiger partial charge in [0.2, 0.25) is 5.88 Å². The smallest absolute Gasteiger partial charge is 0.326 e. The molecule has 0 aliphatic rings. The Morgan fingerprint density at radius 1 is 0.839 bits per heavy atom. The third-order valence-electron chi connectivity index (χ3n) is 4.38. The van der Waals surface area contributed by atoms with Crippen molar-refractivity contribution in [1.29, 1.82) is 0 Å². The van der Waals surface area contributed by atoms with Gasteiger partial charge in [-0.15, -0.1) is 0 Å². The molecule has 0 bridgehead atoms. The molecule has 6 nitrogen and oxygen atoms in total. The second-order valence-electron chi connectivity index (χ2n) is 6.47. The van der Waals surface area contributed by atoms with Gasteiger partial charge in [-0.05, 0) is 29.7 Å². The summed E-state index contributed by atoms with van der Waals surface area (Å²) in [5.41, 5.74) is -0.584. The lowest BCUT2D eigenvalue weighted by Crippen LogP contribution is -2.35. The summed E-state index contributed by atoms with van der Waals surface area (Å²) in [6, 6.07) is 18.5. The number of imide groups is 1. The fraction of sp³-hybridized carbons (Fsp3) is 0. The number of amides is 3. The van der Waals surface area contributed by atoms with Crippen LogP contribution in [-0.2, 0) is 0 Å². The number of aromatic nitrogens is 1. The van der Waals surface area contributed by atoms with Crippen LogP contribution in [0.3, 0.4) is 0 Å². The fourth-order valence-corrected chi connectivity index (χ4v) is 2.95. The van der Waals surface area contributed by atoms with Crippen LogP contribution in [0, 0.1) is 11.6 Å². The van der Waals surface area contributed by atoms with Gasteiger partial charge in [-0.25, -0.2) is 18.6 Å². The molecule has 0 radical (unpaired) electrons. The van der Waals surface area contributed by atoms with Gasteiger partial charge in [0.05, 0.1) is 11.9 Å². The Morgan fingerprint density at radius 3 is 2.29 bits per heavy atom. The van der Waals surface area contributed by atoms with Crippen molar-refractivity contribution in [3.05, 3.63) is 96.2 Å². The van der Waals surface area contributed by atoms with Crippen LogP contribution < -0.4 is 15.4 Å². The summed E-state index contributed by atoms with van der Waals surface area (Å²) in [5, 5.41) is 6.18. The first-order chi connectivity index (χ1) is 15.0. The van der Waals surface area contributed by atoms with E-state index in [0.717, 1.165) is 29.0 Å². The van der Waals surface area contributed by atoms with Gasteiger partial charge >= 0.3 is 6.03 Å². The molecule has 0 aliphatic carbocycles. The highest BCUT2D eigenvalue weighted by Gasteiger charge is 2.19. The zero-order valence-corrected chi connectivity index (χ0v) is 15.9. The Balaban J connectivity index is 1.41. The molecule has 0 fully saturated rings. The number of pyridine rings is 1. The van der Waals surface area contributed by atoms with E-state index >= 15 is 0 Å². The minimum atomic E-state index is -1.20. The number of ether oxygens (including phenoxy) is 1. The highest BCUT2D eigenvalue weighted by atomic mass is 19.1. The Morgan fingerprint density at radius 2 is 1.55 bits per heavy atom. The first kappa shape index (κ1) is 20.0. The van der Waals surface area contributed by atoms with Gasteiger partial charge in [0.25, 0.3) is 5.91 Å². The van der Waals surface area contributed by atoms with Crippen molar-refractivity contribution < 1.29 is 23.1 Å². The number of carbonyl (C=O) groups is 2. The molecule has 31 heavy (non-hydrogen) atoms. The molecule has 4 aromatic rings. The average molecular weight is 419 g/mol. The lowest BCUT2D eigenvalue weighted by atomic mass is 10.1. The van der Waals surface area contributed by atoms with Gasteiger partial charge in [-0.2, -0.15) is 0 Å². The Labute approximate surface area is 175 Å². The lowest BCUT2D eigenvalue weighted by Gasteiger charge is -2.10. The molecule has 3 aromatic carbocycles. The van der Waals surface area contributed by atoms with E-state index in [1.807, 2.05) is 47.8 Å². The summed E-state index contributed by atoms with van der Waals surface area (Å²) in [6.45, 7) is 0. The van der Waals surface area contributed by atoms with Crippen molar-refractivity contribution in [2.45, 2.75) is 0 Å². The van der Waals surface area contributed by atoms with Crippen molar-refractivity contribution in [2.24, 2.45) is 0 Å². The number of hydrogen-bond donors (Lipinski definition) is 2. The fourth-order valence-electron chi connectivity index (χ4n) is 2.95. The molecule has 154 valence electrons. The molecule has 0 saturated carbocycles. The standard InChI is InChI=1S/C23H15F2N3O3/c24-17-8-4-9-18(25)21(17)22(29)28-23(30)27-15-11-12-20(26-13-15)31-19-10-3-6-14-5-1-2-7-16(14)19/h1-13H,(H2,27,28,29,30). The number of rotatable bonds is 4. The van der Waals surface area contributed by atoms with Crippen LogP contribution in [0.25, 0.3) is 10.8 Å². The predicted octanol–water partition coefficient (Wildman–Crippen LogP) is 5.27. The Hall–Kier alpha value is -4.33. The van der Waals surface area contributed by atoms with Gasteiger partial charge in [0.15, 0.2) is 0 Å². The molecular formula is C23H15F2N3O3. The van der Waals surface area contributed by atoms with Gasteiger partial charge in [-0.1, -0.05) is 42.5 Å². The van der Waals surface area contributed by atoms with E-state index < -0.39 is 29.1 Å². The molecule has 0 atom stereocenters. The quantitative estimate of drug-likeness (QED) is 0.472. The zero-order valence-electron chi connectivity index (χ0n) is 15.9. The summed E-state index contributed by atoms with van der Waals surface area (Å²) in [6.07, 6.45) is 1.33. The number of urea groups is 1. The molecule has 0 spiro atoms. The number of nitrogens with zero attached hydrogens (tertiary/aromatic N) is 1. The van der Waals surface area contributed by atoms with Crippen LogP contribution in [-0.4, -0.2) is 16.9 Å². The zero-order chi connectivity index (χ0) is 21.8. The van der Waals surface area contributed by atoms with Gasteiger partial charge in [0, 0.05) is 11.5 Å². The van der Waals surface area contributed by atoms with Crippen LogP contribution >= 0.6 is 0 Å². The van der Waals surface area contributed by atoms with Crippen molar-refractivity contribution in [2.75, 3.05) is 5.32 Å². The highest BCUT2D eigenvalue weighted by Crippen LogP contribution is 2.29. The number of hydrogen-bond acceptors (Lipinski definition) is 4. The minimum absolute atomic E-state index is 0.254. The van der Waals surface area contributed by atoms with Gasteiger partial charge < -0.3 is 10.1 Å². The summed E-state index contributed by atoms with van der Waals surface area (Å²) < 4.78 is 33.1. The molecule has 1 heterocycles. The molecule has 0 unspecified atom stereocenters. The predicted molar refractivity (Wildman–Crippen MR) is 111 cm³/mol. The third-order valence-corrected chi connectivity index (χ3v) is 4.38. The van der Waals surface area contributed by atoms with Crippen molar-refractivity contribution >= 4 is 28.4 Å². The van der Waals surface area contributed by atoms with Crippen molar-refractivity contribution in [3.63, 3.8) is 0 Å². The Kier molecular flexibility index (Phi) is 5.53. The molecule has 1 aromatic heterocycles. The number of fused-ring (bicyclic) bond motifs is 1. The van der Waals surface area contributed by atoms with E-state index in [-0.39, 0.29) is 5.69 Å². The highest BCUT2D eigenvalue weighted by molar-refractivity contribution is 6.08. The molecular weight excluding hydrogens is 404 g/mol. The normalized spacial score (nSPS) is 10.5. The van der Waals surface area contributed by atoms with E-state index in [2.05, 4.69) is 10.3 Å². The van der Waals surface area contributed by atoms with Crippen LogP contribution in [0.4, 0.5) is 19.3 Å². The maximum absolute atomic E-state index is 13.6. The largest absolute Gasteiger partial charge is 0.438 e.